The Hall–Kier alpha value is -4.37. The molecule has 0 fully saturated rings. The predicted octanol–water partition coefficient (Wildman–Crippen LogP) is 4.80. The molecular weight excluding hydrogens is 410 g/mol. The molecule has 2 heterocycles. The number of nitrogens with zero attached hydrogens (tertiary/aromatic N) is 4. The van der Waals surface area contributed by atoms with Crippen LogP contribution in [0.5, 0.6) is 0 Å². The monoisotopic (exact) mass is 435 g/mol. The third-order valence-electron chi connectivity index (χ3n) is 5.48. The third-order valence-corrected chi connectivity index (χ3v) is 5.48. The van der Waals surface area contributed by atoms with Crippen LogP contribution in [0.25, 0.3) is 10.9 Å². The van der Waals surface area contributed by atoms with Crippen LogP contribution >= 0.6 is 0 Å². The maximum Gasteiger partial charge on any atom is 0.302 e. The number of fused-ring (bicyclic) bond motifs is 1. The molecule has 0 saturated heterocycles. The number of benzene rings is 2. The number of amides is 1. The summed E-state index contributed by atoms with van der Waals surface area (Å²) in [7, 11) is 3.69. The first-order chi connectivity index (χ1) is 15.9. The number of hydrogen-bond donors (Lipinski definition) is 1. The molecule has 1 amide bonds. The maximum absolute atomic E-state index is 12.2. The summed E-state index contributed by atoms with van der Waals surface area (Å²) in [5.74, 6) is 5.61. The van der Waals surface area contributed by atoms with E-state index in [0.29, 0.717) is 5.82 Å². The molecular formula is C27H25N5O. The van der Waals surface area contributed by atoms with E-state index in [0.717, 1.165) is 34.4 Å². The van der Waals surface area contributed by atoms with E-state index in [4.69, 9.17) is 0 Å². The van der Waals surface area contributed by atoms with Crippen molar-refractivity contribution in [2.75, 3.05) is 24.3 Å². The Labute approximate surface area is 194 Å². The average Bonchev–Trinajstić information content (AvgIpc) is 2.82. The lowest BCUT2D eigenvalue weighted by Crippen LogP contribution is -2.24. The van der Waals surface area contributed by atoms with E-state index in [1.165, 1.54) is 22.4 Å². The highest BCUT2D eigenvalue weighted by Gasteiger charge is 2.12. The highest BCUT2D eigenvalue weighted by atomic mass is 16.2. The van der Waals surface area contributed by atoms with Gasteiger partial charge in [0.05, 0.1) is 5.52 Å². The number of allylic oxidation sites excluding steroid dienone is 3. The van der Waals surface area contributed by atoms with E-state index < -0.39 is 0 Å². The Kier molecular flexibility index (Phi) is 6.23. The number of carbonyl (C=O) groups excluding carboxylic acids is 1. The fourth-order valence-corrected chi connectivity index (χ4v) is 3.52. The van der Waals surface area contributed by atoms with E-state index in [1.807, 2.05) is 48.5 Å². The van der Waals surface area contributed by atoms with Crippen molar-refractivity contribution in [2.24, 2.45) is 0 Å². The number of anilines is 3. The van der Waals surface area contributed by atoms with Gasteiger partial charge in [-0.3, -0.25) is 4.79 Å². The van der Waals surface area contributed by atoms with Gasteiger partial charge in [0.2, 0.25) is 0 Å². The first-order valence-corrected chi connectivity index (χ1v) is 10.6. The topological polar surface area (TPSA) is 61.4 Å². The zero-order chi connectivity index (χ0) is 23.4. The van der Waals surface area contributed by atoms with E-state index in [-0.39, 0.29) is 5.91 Å². The van der Waals surface area contributed by atoms with Crippen LogP contribution in [0.3, 0.4) is 0 Å². The lowest BCUT2D eigenvalue weighted by atomic mass is 10.0. The highest BCUT2D eigenvalue weighted by molar-refractivity contribution is 6.06. The lowest BCUT2D eigenvalue weighted by Gasteiger charge is -2.19. The first kappa shape index (κ1) is 21.8. The van der Waals surface area contributed by atoms with Gasteiger partial charge >= 0.3 is 5.91 Å². The van der Waals surface area contributed by atoms with Crippen LogP contribution in [-0.2, 0) is 11.2 Å². The number of aromatic nitrogens is 2. The van der Waals surface area contributed by atoms with Gasteiger partial charge < -0.3 is 15.1 Å². The Morgan fingerprint density at radius 2 is 1.97 bits per heavy atom. The molecule has 1 aliphatic rings. The number of likely N-dealkylation sites (N-methyl/N-ethyl adjacent to an activating group) is 1. The fraction of sp³-hybridized carbons (Fsp3) is 0.148. The Morgan fingerprint density at radius 3 is 2.70 bits per heavy atom. The summed E-state index contributed by atoms with van der Waals surface area (Å²) in [6, 6.07) is 13.9. The zero-order valence-corrected chi connectivity index (χ0v) is 19.0. The van der Waals surface area contributed by atoms with Crippen LogP contribution in [0.15, 0.2) is 85.0 Å². The van der Waals surface area contributed by atoms with Gasteiger partial charge in [0, 0.05) is 42.8 Å². The quantitative estimate of drug-likeness (QED) is 0.583. The summed E-state index contributed by atoms with van der Waals surface area (Å²) in [5, 5.41) is 4.20. The SMILES string of the molecule is C=C1C=C(Cc2ccc(Nc3ncnc4ccc(N(C)C(=O)C#CC)cc34)cc2)C=CN1C. The molecule has 3 aromatic rings. The fourth-order valence-electron chi connectivity index (χ4n) is 3.52. The van der Waals surface area contributed by atoms with Gasteiger partial charge in [0.15, 0.2) is 0 Å². The summed E-state index contributed by atoms with van der Waals surface area (Å²) in [4.78, 5) is 24.4. The molecule has 2 aromatic carbocycles. The van der Waals surface area contributed by atoms with Crippen LogP contribution in [0.2, 0.25) is 0 Å². The molecule has 1 N–H and O–H groups in total. The van der Waals surface area contributed by atoms with Crippen molar-refractivity contribution in [1.29, 1.82) is 0 Å². The van der Waals surface area contributed by atoms with Gasteiger partial charge in [0.25, 0.3) is 0 Å². The van der Waals surface area contributed by atoms with Crippen molar-refractivity contribution in [1.82, 2.24) is 14.9 Å². The average molecular weight is 436 g/mol. The lowest BCUT2D eigenvalue weighted by molar-refractivity contribution is -0.113. The third kappa shape index (κ3) is 4.94. The smallest absolute Gasteiger partial charge is 0.302 e. The molecule has 33 heavy (non-hydrogen) atoms. The molecule has 1 aromatic heterocycles. The minimum Gasteiger partial charge on any atom is -0.352 e. The molecule has 164 valence electrons. The predicted molar refractivity (Wildman–Crippen MR) is 134 cm³/mol. The first-order valence-electron chi connectivity index (χ1n) is 10.6. The zero-order valence-electron chi connectivity index (χ0n) is 19.0. The summed E-state index contributed by atoms with van der Waals surface area (Å²) >= 11 is 0. The second-order valence-corrected chi connectivity index (χ2v) is 7.80. The van der Waals surface area contributed by atoms with Gasteiger partial charge in [-0.05, 0) is 72.9 Å². The minimum atomic E-state index is -0.267. The Bertz CT molecular complexity index is 1340. The van der Waals surface area contributed by atoms with Crippen molar-refractivity contribution < 1.29 is 4.79 Å². The van der Waals surface area contributed by atoms with Crippen LogP contribution < -0.4 is 10.2 Å². The number of hydrogen-bond acceptors (Lipinski definition) is 5. The summed E-state index contributed by atoms with van der Waals surface area (Å²) in [6.45, 7) is 5.70. The van der Waals surface area contributed by atoms with Crippen LogP contribution in [0.1, 0.15) is 12.5 Å². The van der Waals surface area contributed by atoms with Gasteiger partial charge in [-0.1, -0.05) is 24.6 Å². The minimum absolute atomic E-state index is 0.267. The summed E-state index contributed by atoms with van der Waals surface area (Å²) < 4.78 is 0. The molecule has 0 unspecified atom stereocenters. The second kappa shape index (κ2) is 9.41. The van der Waals surface area contributed by atoms with Crippen LogP contribution in [-0.4, -0.2) is 34.9 Å². The van der Waals surface area contributed by atoms with E-state index in [1.54, 1.807) is 14.0 Å². The molecule has 0 saturated carbocycles. The molecule has 6 heteroatoms. The van der Waals surface area contributed by atoms with Gasteiger partial charge in [-0.15, -0.1) is 0 Å². The Balaban J connectivity index is 1.54. The van der Waals surface area contributed by atoms with Crippen LogP contribution in [0, 0.1) is 11.8 Å². The second-order valence-electron chi connectivity index (χ2n) is 7.80. The van der Waals surface area contributed by atoms with Gasteiger partial charge in [-0.2, -0.15) is 0 Å². The number of nitrogens with one attached hydrogen (secondary N) is 1. The molecule has 0 bridgehead atoms. The van der Waals surface area contributed by atoms with Crippen molar-refractivity contribution in [3.63, 3.8) is 0 Å². The Morgan fingerprint density at radius 1 is 1.18 bits per heavy atom. The summed E-state index contributed by atoms with van der Waals surface area (Å²) in [5.41, 5.74) is 5.85. The molecule has 0 spiro atoms. The van der Waals surface area contributed by atoms with Crippen molar-refractivity contribution in [3.05, 3.63) is 90.6 Å². The van der Waals surface area contributed by atoms with E-state index in [2.05, 4.69) is 58.0 Å². The van der Waals surface area contributed by atoms with Crippen molar-refractivity contribution in [3.8, 4) is 11.8 Å². The molecule has 6 nitrogen and oxygen atoms in total. The standard InChI is InChI=1S/C27H25N5O/c1-5-6-26(33)32(4)23-11-12-25-24(17-23)27(29-18-28-25)30-22-9-7-20(8-10-22)16-21-13-14-31(3)19(2)15-21/h7-15,17-18H,2,16H2,1,3-4H3,(H,28,29,30). The normalized spacial score (nSPS) is 12.8. The van der Waals surface area contributed by atoms with Crippen LogP contribution in [0.4, 0.5) is 17.2 Å². The maximum atomic E-state index is 12.2. The van der Waals surface area contributed by atoms with E-state index >= 15 is 0 Å². The molecule has 0 atom stereocenters. The van der Waals surface area contributed by atoms with Crippen molar-refractivity contribution >= 4 is 34.0 Å². The van der Waals surface area contributed by atoms with Gasteiger partial charge in [-0.25, -0.2) is 9.97 Å². The molecule has 0 radical (unpaired) electrons. The number of carbonyl (C=O) groups is 1. The van der Waals surface area contributed by atoms with E-state index in [9.17, 15) is 4.79 Å². The molecule has 1 aliphatic heterocycles. The van der Waals surface area contributed by atoms with Crippen molar-refractivity contribution in [2.45, 2.75) is 13.3 Å². The number of rotatable bonds is 5. The van der Waals surface area contributed by atoms with Gasteiger partial charge in [0.1, 0.15) is 12.1 Å². The highest BCUT2D eigenvalue weighted by Crippen LogP contribution is 2.27. The summed E-state index contributed by atoms with van der Waals surface area (Å²) in [6.07, 6.45) is 8.61. The molecule has 0 aliphatic carbocycles. The largest absolute Gasteiger partial charge is 0.352 e. The molecule has 4 rings (SSSR count).